The van der Waals surface area contributed by atoms with Gasteiger partial charge in [-0.05, 0) is 26.7 Å². The molecule has 0 spiro atoms. The van der Waals surface area contributed by atoms with Gasteiger partial charge in [-0.1, -0.05) is 0 Å². The molecule has 0 aromatic carbocycles. The molecule has 0 amide bonds. The Balaban J connectivity index is 0.000000424. The molecule has 1 rings (SSSR count). The zero-order valence-electron chi connectivity index (χ0n) is 8.58. The molecule has 1 saturated heterocycles. The van der Waals surface area contributed by atoms with Crippen LogP contribution in [0.4, 0.5) is 0 Å². The van der Waals surface area contributed by atoms with E-state index in [1.165, 1.54) is 12.8 Å². The molecule has 1 fully saturated rings. The first-order chi connectivity index (χ1) is 6.35. The molecule has 0 aromatic heterocycles. The van der Waals surface area contributed by atoms with Crippen LogP contribution in [0, 0.1) is 0 Å². The van der Waals surface area contributed by atoms with Gasteiger partial charge in [-0.3, -0.25) is 0 Å². The fourth-order valence-corrected chi connectivity index (χ4v) is 1.89. The van der Waals surface area contributed by atoms with E-state index in [4.69, 9.17) is 14.4 Å². The zero-order valence-corrected chi connectivity index (χ0v) is 9.58. The first-order valence-corrected chi connectivity index (χ1v) is 6.03. The molecule has 4 heteroatoms. The van der Waals surface area contributed by atoms with Gasteiger partial charge in [0.15, 0.2) is 0 Å². The minimum absolute atomic E-state index is 0.250. The molecule has 0 aliphatic carbocycles. The Morgan fingerprint density at radius 1 is 1.54 bits per heavy atom. The van der Waals surface area contributed by atoms with Crippen molar-refractivity contribution in [2.24, 2.45) is 0 Å². The van der Waals surface area contributed by atoms with Crippen LogP contribution in [0.3, 0.4) is 0 Å². The number of aliphatic hydroxyl groups is 1. The Kier molecular flexibility index (Phi) is 10.6. The van der Waals surface area contributed by atoms with Crippen molar-refractivity contribution < 1.29 is 14.4 Å². The molecule has 3 nitrogen and oxygen atoms in total. The lowest BCUT2D eigenvalue weighted by molar-refractivity contribution is 0.127. The summed E-state index contributed by atoms with van der Waals surface area (Å²) in [5.41, 5.74) is 0. The summed E-state index contributed by atoms with van der Waals surface area (Å²) in [7, 11) is 0.641. The van der Waals surface area contributed by atoms with E-state index < -0.39 is 0 Å². The van der Waals surface area contributed by atoms with Crippen LogP contribution in [0.2, 0.25) is 0 Å². The molecule has 1 heterocycles. The van der Waals surface area contributed by atoms with Crippen molar-refractivity contribution in [2.45, 2.75) is 32.8 Å². The normalized spacial score (nSPS) is 21.9. The summed E-state index contributed by atoms with van der Waals surface area (Å²) in [6.45, 7) is 5.76. The van der Waals surface area contributed by atoms with Crippen LogP contribution in [-0.2, 0) is 9.26 Å². The minimum atomic E-state index is 0.250. The molecule has 1 aliphatic rings. The Morgan fingerprint density at radius 3 is 2.69 bits per heavy atom. The molecule has 0 radical (unpaired) electrons. The van der Waals surface area contributed by atoms with Gasteiger partial charge >= 0.3 is 0 Å². The molecular weight excluding hydrogens is 187 g/mol. The summed E-state index contributed by atoms with van der Waals surface area (Å²) in [6, 6.07) is 0. The van der Waals surface area contributed by atoms with Gasteiger partial charge in [-0.25, -0.2) is 0 Å². The van der Waals surface area contributed by atoms with Crippen molar-refractivity contribution in [3.8, 4) is 0 Å². The third kappa shape index (κ3) is 8.63. The molecule has 2 atom stereocenters. The topological polar surface area (TPSA) is 38.7 Å². The summed E-state index contributed by atoms with van der Waals surface area (Å²) in [5, 5.41) is 7.57. The van der Waals surface area contributed by atoms with Crippen LogP contribution in [0.1, 0.15) is 26.7 Å². The van der Waals surface area contributed by atoms with Crippen molar-refractivity contribution >= 4 is 8.81 Å². The highest BCUT2D eigenvalue weighted by Gasteiger charge is 2.14. The summed E-state index contributed by atoms with van der Waals surface area (Å²) in [4.78, 5) is 0. The van der Waals surface area contributed by atoms with Gasteiger partial charge in [0.1, 0.15) is 0 Å². The molecule has 2 unspecified atom stereocenters. The van der Waals surface area contributed by atoms with Gasteiger partial charge in [-0.2, -0.15) is 0 Å². The van der Waals surface area contributed by atoms with E-state index in [0.29, 0.717) is 14.9 Å². The highest BCUT2D eigenvalue weighted by atomic mass is 31.1. The number of hydrogen-bond donors (Lipinski definition) is 1. The van der Waals surface area contributed by atoms with Crippen LogP contribution < -0.4 is 0 Å². The fraction of sp³-hybridized carbons (Fsp3) is 1.00. The maximum Gasteiger partial charge on any atom is 0.0634 e. The van der Waals surface area contributed by atoms with Gasteiger partial charge in [0.05, 0.1) is 6.10 Å². The lowest BCUT2D eigenvalue weighted by atomic mass is 10.3. The second kappa shape index (κ2) is 10.4. The van der Waals surface area contributed by atoms with Crippen molar-refractivity contribution in [1.82, 2.24) is 0 Å². The standard InChI is InChI=1S/C7H15O2P.C2H6O/c1-2-9-10-6-7-4-3-5-8-7;1-2-3/h7,10H,2-6H2,1H3;3H,2H2,1H3. The Hall–Kier alpha value is 0.310. The quantitative estimate of drug-likeness (QED) is 0.565. The third-order valence-electron chi connectivity index (χ3n) is 1.58. The number of ether oxygens (including phenoxy) is 1. The van der Waals surface area contributed by atoms with Gasteiger partial charge in [0.2, 0.25) is 0 Å². The molecule has 0 saturated carbocycles. The molecular formula is C9H21O3P. The smallest absolute Gasteiger partial charge is 0.0634 e. The zero-order chi connectivity index (χ0) is 9.94. The predicted molar refractivity (Wildman–Crippen MR) is 56.5 cm³/mol. The Bertz CT molecular complexity index is 94.9. The van der Waals surface area contributed by atoms with Crippen LogP contribution in [0.25, 0.3) is 0 Å². The highest BCUT2D eigenvalue weighted by molar-refractivity contribution is 7.32. The Morgan fingerprint density at radius 2 is 2.23 bits per heavy atom. The van der Waals surface area contributed by atoms with E-state index in [-0.39, 0.29) is 6.61 Å². The number of hydrogen-bond acceptors (Lipinski definition) is 3. The average Bonchev–Trinajstić information content (AvgIpc) is 2.59. The van der Waals surface area contributed by atoms with Crippen LogP contribution in [0.15, 0.2) is 0 Å². The van der Waals surface area contributed by atoms with E-state index in [1.807, 2.05) is 6.92 Å². The SMILES string of the molecule is CCO.CCOPCC1CCCO1. The van der Waals surface area contributed by atoms with E-state index in [2.05, 4.69) is 0 Å². The number of aliphatic hydroxyl groups excluding tert-OH is 1. The van der Waals surface area contributed by atoms with Gasteiger partial charge in [0, 0.05) is 34.8 Å². The van der Waals surface area contributed by atoms with Crippen molar-refractivity contribution in [3.05, 3.63) is 0 Å². The average molecular weight is 208 g/mol. The highest BCUT2D eigenvalue weighted by Crippen LogP contribution is 2.21. The predicted octanol–water partition coefficient (Wildman–Crippen LogP) is 1.79. The van der Waals surface area contributed by atoms with E-state index in [0.717, 1.165) is 19.4 Å². The monoisotopic (exact) mass is 208 g/mol. The summed E-state index contributed by atoms with van der Waals surface area (Å²) < 4.78 is 10.7. The molecule has 13 heavy (non-hydrogen) atoms. The molecule has 1 aliphatic heterocycles. The van der Waals surface area contributed by atoms with Gasteiger partial charge < -0.3 is 14.4 Å². The largest absolute Gasteiger partial charge is 0.397 e. The van der Waals surface area contributed by atoms with Crippen LogP contribution in [0.5, 0.6) is 0 Å². The van der Waals surface area contributed by atoms with Gasteiger partial charge in [-0.15, -0.1) is 0 Å². The third-order valence-corrected chi connectivity index (χ3v) is 2.70. The molecule has 80 valence electrons. The lowest BCUT2D eigenvalue weighted by Gasteiger charge is -2.07. The molecule has 0 bridgehead atoms. The number of rotatable bonds is 4. The Labute approximate surface area is 82.7 Å². The minimum Gasteiger partial charge on any atom is -0.397 e. The van der Waals surface area contributed by atoms with E-state index in [1.54, 1.807) is 6.92 Å². The van der Waals surface area contributed by atoms with Crippen LogP contribution >= 0.6 is 8.81 Å². The van der Waals surface area contributed by atoms with Gasteiger partial charge in [0.25, 0.3) is 0 Å². The second-order valence-electron chi connectivity index (χ2n) is 2.73. The van der Waals surface area contributed by atoms with E-state index >= 15 is 0 Å². The summed E-state index contributed by atoms with van der Waals surface area (Å²) >= 11 is 0. The maximum absolute atomic E-state index is 7.57. The summed E-state index contributed by atoms with van der Waals surface area (Å²) in [5.74, 6) is 0. The molecule has 1 N–H and O–H groups in total. The fourth-order valence-electron chi connectivity index (χ4n) is 1.06. The van der Waals surface area contributed by atoms with Crippen molar-refractivity contribution in [2.75, 3.05) is 26.0 Å². The molecule has 0 aromatic rings. The van der Waals surface area contributed by atoms with Crippen LogP contribution in [-0.4, -0.2) is 37.2 Å². The summed E-state index contributed by atoms with van der Waals surface area (Å²) in [6.07, 6.45) is 4.08. The lowest BCUT2D eigenvalue weighted by Crippen LogP contribution is -2.06. The van der Waals surface area contributed by atoms with Crippen molar-refractivity contribution in [1.29, 1.82) is 0 Å². The van der Waals surface area contributed by atoms with Crippen molar-refractivity contribution in [3.63, 3.8) is 0 Å². The first-order valence-electron chi connectivity index (χ1n) is 4.92. The van der Waals surface area contributed by atoms with E-state index in [9.17, 15) is 0 Å². The second-order valence-corrected chi connectivity index (χ2v) is 3.72. The maximum atomic E-state index is 7.57. The first kappa shape index (κ1) is 13.3.